The summed E-state index contributed by atoms with van der Waals surface area (Å²) in [6.45, 7) is 4.41. The Bertz CT molecular complexity index is 541. The lowest BCUT2D eigenvalue weighted by molar-refractivity contribution is 0.418. The van der Waals surface area contributed by atoms with Gasteiger partial charge in [0.05, 0.1) is 0 Å². The fourth-order valence-corrected chi connectivity index (χ4v) is 3.90. The van der Waals surface area contributed by atoms with Gasteiger partial charge in [-0.25, -0.2) is 0 Å². The molecule has 1 aromatic heterocycles. The van der Waals surface area contributed by atoms with Crippen LogP contribution in [0.4, 0.5) is 0 Å². The minimum atomic E-state index is 0.413. The summed E-state index contributed by atoms with van der Waals surface area (Å²) in [6.07, 6.45) is 3.84. The molecule has 1 unspecified atom stereocenters. The van der Waals surface area contributed by atoms with Gasteiger partial charge in [0, 0.05) is 17.0 Å². The molecule has 1 nitrogen and oxygen atoms in total. The van der Waals surface area contributed by atoms with Gasteiger partial charge in [0.1, 0.15) is 0 Å². The molecule has 0 saturated carbocycles. The van der Waals surface area contributed by atoms with Crippen molar-refractivity contribution < 1.29 is 0 Å². The predicted octanol–water partition coefficient (Wildman–Crippen LogP) is 4.78. The van der Waals surface area contributed by atoms with Gasteiger partial charge in [0.15, 0.2) is 0 Å². The summed E-state index contributed by atoms with van der Waals surface area (Å²) in [7, 11) is 0. The number of fused-ring (bicyclic) bond motifs is 1. The van der Waals surface area contributed by atoms with E-state index >= 15 is 0 Å². The molecule has 0 radical (unpaired) electrons. The van der Waals surface area contributed by atoms with Gasteiger partial charge < -0.3 is 5.32 Å². The third kappa shape index (κ3) is 2.75. The molecule has 0 spiro atoms. The molecule has 1 heterocycles. The van der Waals surface area contributed by atoms with Crippen molar-refractivity contribution in [3.05, 3.63) is 57.3 Å². The van der Waals surface area contributed by atoms with Gasteiger partial charge in [-0.05, 0) is 55.7 Å². The van der Waals surface area contributed by atoms with Gasteiger partial charge in [-0.2, -0.15) is 0 Å². The lowest BCUT2D eigenvalue weighted by atomic mass is 9.93. The number of hydrogen-bond donors (Lipinski definition) is 1. The maximum Gasteiger partial charge on any atom is 0.0336 e. The Morgan fingerprint density at radius 1 is 1.21 bits per heavy atom. The standard InChI is InChI=1S/C17H21NS/c1-12-6-8-14(9-7-12)13(2)18-16-4-3-5-17-15(16)10-11-19-17/h6-11,13,16,18H,3-5H2,1-2H3/t13-,16?/m0/s1. The third-order valence-electron chi connectivity index (χ3n) is 4.08. The Labute approximate surface area is 119 Å². The predicted molar refractivity (Wildman–Crippen MR) is 82.7 cm³/mol. The fraction of sp³-hybridized carbons (Fsp3) is 0.412. The largest absolute Gasteiger partial charge is 0.303 e. The fourth-order valence-electron chi connectivity index (χ4n) is 2.91. The highest BCUT2D eigenvalue weighted by Gasteiger charge is 2.22. The van der Waals surface area contributed by atoms with Crippen molar-refractivity contribution in [1.29, 1.82) is 0 Å². The molecule has 0 amide bonds. The summed E-state index contributed by atoms with van der Waals surface area (Å²) in [6, 6.07) is 12.1. The highest BCUT2D eigenvalue weighted by Crippen LogP contribution is 2.34. The Morgan fingerprint density at radius 3 is 2.79 bits per heavy atom. The zero-order chi connectivity index (χ0) is 13.2. The van der Waals surface area contributed by atoms with Crippen LogP contribution in [-0.4, -0.2) is 0 Å². The first-order chi connectivity index (χ1) is 9.24. The van der Waals surface area contributed by atoms with Crippen molar-refractivity contribution in [1.82, 2.24) is 5.32 Å². The van der Waals surface area contributed by atoms with Gasteiger partial charge in [0.25, 0.3) is 0 Å². The van der Waals surface area contributed by atoms with Gasteiger partial charge >= 0.3 is 0 Å². The zero-order valence-corrected chi connectivity index (χ0v) is 12.5. The summed E-state index contributed by atoms with van der Waals surface area (Å²) in [5.41, 5.74) is 4.25. The SMILES string of the molecule is Cc1ccc([C@H](C)NC2CCCc3sccc32)cc1. The number of benzene rings is 1. The molecule has 1 aliphatic rings. The molecule has 2 heteroatoms. The molecule has 0 aliphatic heterocycles. The number of rotatable bonds is 3. The topological polar surface area (TPSA) is 12.0 Å². The molecule has 1 aliphatic carbocycles. The van der Waals surface area contributed by atoms with Crippen molar-refractivity contribution in [3.8, 4) is 0 Å². The highest BCUT2D eigenvalue weighted by molar-refractivity contribution is 7.10. The van der Waals surface area contributed by atoms with Crippen LogP contribution in [0.25, 0.3) is 0 Å². The van der Waals surface area contributed by atoms with E-state index in [9.17, 15) is 0 Å². The van der Waals surface area contributed by atoms with E-state index < -0.39 is 0 Å². The molecule has 100 valence electrons. The van der Waals surface area contributed by atoms with Crippen LogP contribution < -0.4 is 5.32 Å². The van der Waals surface area contributed by atoms with Crippen molar-refractivity contribution in [3.63, 3.8) is 0 Å². The van der Waals surface area contributed by atoms with Gasteiger partial charge in [0.2, 0.25) is 0 Å². The average Bonchev–Trinajstić information content (AvgIpc) is 2.89. The molecule has 2 atom stereocenters. The zero-order valence-electron chi connectivity index (χ0n) is 11.6. The van der Waals surface area contributed by atoms with E-state index in [2.05, 4.69) is 54.9 Å². The quantitative estimate of drug-likeness (QED) is 0.846. The Morgan fingerprint density at radius 2 is 2.00 bits per heavy atom. The maximum absolute atomic E-state index is 3.80. The number of hydrogen-bond acceptors (Lipinski definition) is 2. The van der Waals surface area contributed by atoms with Crippen molar-refractivity contribution >= 4 is 11.3 Å². The van der Waals surface area contributed by atoms with Crippen LogP contribution in [0.5, 0.6) is 0 Å². The summed E-state index contributed by atoms with van der Waals surface area (Å²) in [5, 5.41) is 6.04. The molecular formula is C17H21NS. The van der Waals surface area contributed by atoms with E-state index in [-0.39, 0.29) is 0 Å². The maximum atomic E-state index is 3.80. The van der Waals surface area contributed by atoms with E-state index in [1.807, 2.05) is 11.3 Å². The van der Waals surface area contributed by atoms with E-state index in [4.69, 9.17) is 0 Å². The first-order valence-corrected chi connectivity index (χ1v) is 8.01. The van der Waals surface area contributed by atoms with Crippen LogP contribution in [-0.2, 0) is 6.42 Å². The van der Waals surface area contributed by atoms with Crippen molar-refractivity contribution in [2.45, 2.75) is 45.2 Å². The van der Waals surface area contributed by atoms with Gasteiger partial charge in [-0.3, -0.25) is 0 Å². The second-order valence-corrected chi connectivity index (χ2v) is 6.54. The number of thiophene rings is 1. The Balaban J connectivity index is 1.74. The summed E-state index contributed by atoms with van der Waals surface area (Å²) >= 11 is 1.91. The van der Waals surface area contributed by atoms with Crippen LogP contribution >= 0.6 is 11.3 Å². The van der Waals surface area contributed by atoms with E-state index in [1.165, 1.54) is 36.0 Å². The second kappa shape index (κ2) is 5.48. The molecule has 0 fully saturated rings. The third-order valence-corrected chi connectivity index (χ3v) is 5.08. The van der Waals surface area contributed by atoms with Crippen LogP contribution in [0.15, 0.2) is 35.7 Å². The summed E-state index contributed by atoms with van der Waals surface area (Å²) < 4.78 is 0. The number of aryl methyl sites for hydroxylation is 2. The summed E-state index contributed by atoms with van der Waals surface area (Å²) in [5.74, 6) is 0. The van der Waals surface area contributed by atoms with Crippen LogP contribution in [0, 0.1) is 6.92 Å². The van der Waals surface area contributed by atoms with E-state index in [1.54, 1.807) is 4.88 Å². The average molecular weight is 271 g/mol. The van der Waals surface area contributed by atoms with Crippen LogP contribution in [0.1, 0.15) is 53.4 Å². The van der Waals surface area contributed by atoms with Crippen molar-refractivity contribution in [2.75, 3.05) is 0 Å². The monoisotopic (exact) mass is 271 g/mol. The van der Waals surface area contributed by atoms with E-state index in [0.29, 0.717) is 12.1 Å². The molecule has 3 rings (SSSR count). The summed E-state index contributed by atoms with van der Waals surface area (Å²) in [4.78, 5) is 1.58. The first kappa shape index (κ1) is 12.9. The molecule has 1 aromatic carbocycles. The minimum absolute atomic E-state index is 0.413. The van der Waals surface area contributed by atoms with Crippen molar-refractivity contribution in [2.24, 2.45) is 0 Å². The smallest absolute Gasteiger partial charge is 0.0336 e. The van der Waals surface area contributed by atoms with E-state index in [0.717, 1.165) is 0 Å². The molecule has 1 N–H and O–H groups in total. The minimum Gasteiger partial charge on any atom is -0.303 e. The van der Waals surface area contributed by atoms with Gasteiger partial charge in [-0.15, -0.1) is 11.3 Å². The Kier molecular flexibility index (Phi) is 3.72. The molecule has 0 bridgehead atoms. The molecule has 19 heavy (non-hydrogen) atoms. The lowest BCUT2D eigenvalue weighted by Crippen LogP contribution is -2.27. The number of nitrogens with one attached hydrogen (secondary N) is 1. The molecule has 2 aromatic rings. The van der Waals surface area contributed by atoms with Gasteiger partial charge in [-0.1, -0.05) is 29.8 Å². The Hall–Kier alpha value is -1.12. The lowest BCUT2D eigenvalue weighted by Gasteiger charge is -2.27. The van der Waals surface area contributed by atoms with Crippen LogP contribution in [0.2, 0.25) is 0 Å². The first-order valence-electron chi connectivity index (χ1n) is 7.13. The molecule has 0 saturated heterocycles. The normalized spacial score (nSPS) is 20.0. The molecular weight excluding hydrogens is 250 g/mol. The highest BCUT2D eigenvalue weighted by atomic mass is 32.1. The van der Waals surface area contributed by atoms with Crippen LogP contribution in [0.3, 0.4) is 0 Å². The second-order valence-electron chi connectivity index (χ2n) is 5.54.